The maximum absolute atomic E-state index is 13.6. The molecule has 3 saturated heterocycles. The first-order valence-corrected chi connectivity index (χ1v) is 14.9. The van der Waals surface area contributed by atoms with Crippen LogP contribution >= 0.6 is 0 Å². The highest BCUT2D eigenvalue weighted by Gasteiger charge is 2.95. The maximum Gasteiger partial charge on any atom is 0.339 e. The number of cyclic esters (lactones) is 1. The zero-order valence-corrected chi connectivity index (χ0v) is 25.5. The fraction of sp³-hybridized carbons (Fsp3) is 0.688. The molecule has 4 heterocycles. The second kappa shape index (κ2) is 8.50. The van der Waals surface area contributed by atoms with E-state index in [1.165, 1.54) is 27.0 Å². The number of hydrogen-bond donors (Lipinski definition) is 0. The Kier molecular flexibility index (Phi) is 5.65. The van der Waals surface area contributed by atoms with Crippen LogP contribution in [0.5, 0.6) is 0 Å². The van der Waals surface area contributed by atoms with Crippen molar-refractivity contribution in [2.45, 2.75) is 102 Å². The monoisotopic (exact) mass is 598 g/mol. The summed E-state index contributed by atoms with van der Waals surface area (Å²) < 4.78 is 42.1. The van der Waals surface area contributed by atoms with E-state index < -0.39 is 87.3 Å². The Balaban J connectivity index is 1.46. The van der Waals surface area contributed by atoms with Crippen LogP contribution in [-0.2, 0) is 47.6 Å². The van der Waals surface area contributed by atoms with Crippen LogP contribution in [0, 0.1) is 28.1 Å². The van der Waals surface area contributed by atoms with Gasteiger partial charge in [-0.3, -0.25) is 9.59 Å². The van der Waals surface area contributed by atoms with E-state index in [2.05, 4.69) is 6.92 Å². The van der Waals surface area contributed by atoms with E-state index in [0.29, 0.717) is 24.8 Å². The van der Waals surface area contributed by atoms with Gasteiger partial charge >= 0.3 is 23.9 Å². The van der Waals surface area contributed by atoms with Gasteiger partial charge in [-0.15, -0.1) is 0 Å². The molecule has 0 N–H and O–H groups in total. The van der Waals surface area contributed by atoms with Gasteiger partial charge in [0.15, 0.2) is 6.10 Å². The first-order chi connectivity index (χ1) is 20.1. The molecule has 7 rings (SSSR count). The van der Waals surface area contributed by atoms with Crippen molar-refractivity contribution in [1.29, 1.82) is 0 Å². The lowest BCUT2D eigenvalue weighted by molar-refractivity contribution is -0.273. The molecular weight excluding hydrogens is 560 g/mol. The maximum atomic E-state index is 13.6. The topological polar surface area (TPSA) is 140 Å². The Morgan fingerprint density at radius 2 is 1.77 bits per heavy atom. The van der Waals surface area contributed by atoms with Crippen molar-refractivity contribution in [3.8, 4) is 0 Å². The van der Waals surface area contributed by atoms with Gasteiger partial charge in [0, 0.05) is 47.6 Å². The second-order valence-electron chi connectivity index (χ2n) is 14.1. The van der Waals surface area contributed by atoms with E-state index in [1.807, 2.05) is 20.8 Å². The van der Waals surface area contributed by atoms with Crippen molar-refractivity contribution in [3.63, 3.8) is 0 Å². The molecule has 0 amide bonds. The highest BCUT2D eigenvalue weighted by Crippen LogP contribution is 2.87. The summed E-state index contributed by atoms with van der Waals surface area (Å²) in [5, 5.41) is 0. The van der Waals surface area contributed by atoms with Gasteiger partial charge in [-0.05, 0) is 51.2 Å². The summed E-state index contributed by atoms with van der Waals surface area (Å²) in [6.45, 7) is 10.6. The SMILES string of the molecule is COC(=O)/C=C\[C@]12C[C@@]13[C@H]([C@@H](OC(C)=O)[C@H](OC(C)=O)[C@]1(C)[C@@H]3CC[C@@]3(C)[C@H](c4ccoc4)OC(=O)[C@H]4O[C@]413)C(C)(C)O2. The van der Waals surface area contributed by atoms with E-state index in [0.717, 1.165) is 0 Å². The molecule has 232 valence electrons. The second-order valence-corrected chi connectivity index (χ2v) is 14.1. The van der Waals surface area contributed by atoms with E-state index >= 15 is 0 Å². The first-order valence-electron chi connectivity index (χ1n) is 14.9. The van der Waals surface area contributed by atoms with E-state index in [1.54, 1.807) is 24.7 Å². The number of methoxy groups -OCH3 is 1. The average molecular weight is 599 g/mol. The lowest BCUT2D eigenvalue weighted by atomic mass is 9.39. The lowest BCUT2D eigenvalue weighted by Crippen LogP contribution is -2.74. The summed E-state index contributed by atoms with van der Waals surface area (Å²) >= 11 is 0. The summed E-state index contributed by atoms with van der Waals surface area (Å²) in [7, 11) is 1.32. The molecule has 0 radical (unpaired) electrons. The third-order valence-electron chi connectivity index (χ3n) is 11.9. The Hall–Kier alpha value is -3.18. The molecular formula is C32H38O11. The number of rotatable bonds is 5. The van der Waals surface area contributed by atoms with Gasteiger partial charge in [0.05, 0.1) is 30.8 Å². The smallest absolute Gasteiger partial charge is 0.339 e. The van der Waals surface area contributed by atoms with Crippen LogP contribution in [0.4, 0.5) is 0 Å². The molecule has 6 fully saturated rings. The molecule has 11 heteroatoms. The molecule has 43 heavy (non-hydrogen) atoms. The summed E-state index contributed by atoms with van der Waals surface area (Å²) in [4.78, 5) is 51.5. The summed E-state index contributed by atoms with van der Waals surface area (Å²) in [6, 6.07) is 1.78. The number of carbonyl (C=O) groups is 4. The fourth-order valence-electron chi connectivity index (χ4n) is 10.8. The molecule has 11 nitrogen and oxygen atoms in total. The Morgan fingerprint density at radius 3 is 2.40 bits per heavy atom. The van der Waals surface area contributed by atoms with Crippen molar-refractivity contribution >= 4 is 23.9 Å². The van der Waals surface area contributed by atoms with Crippen LogP contribution < -0.4 is 0 Å². The predicted octanol–water partition coefficient (Wildman–Crippen LogP) is 3.60. The largest absolute Gasteiger partial charge is 0.472 e. The van der Waals surface area contributed by atoms with Crippen molar-refractivity contribution in [3.05, 3.63) is 36.3 Å². The lowest BCUT2D eigenvalue weighted by Gasteiger charge is -2.66. The summed E-state index contributed by atoms with van der Waals surface area (Å²) in [5.41, 5.74) is -4.49. The average Bonchev–Trinajstić information content (AvgIpc) is 3.71. The zero-order valence-electron chi connectivity index (χ0n) is 25.5. The van der Waals surface area contributed by atoms with Crippen molar-refractivity contribution in [1.82, 2.24) is 0 Å². The van der Waals surface area contributed by atoms with Gasteiger partial charge < -0.3 is 32.8 Å². The quantitative estimate of drug-likeness (QED) is 0.213. The van der Waals surface area contributed by atoms with Crippen LogP contribution in [0.1, 0.15) is 72.5 Å². The Morgan fingerprint density at radius 1 is 1.05 bits per heavy atom. The van der Waals surface area contributed by atoms with Crippen LogP contribution in [-0.4, -0.2) is 66.1 Å². The van der Waals surface area contributed by atoms with E-state index in [9.17, 15) is 19.2 Å². The molecule has 0 bridgehead atoms. The van der Waals surface area contributed by atoms with Gasteiger partial charge in [-0.25, -0.2) is 9.59 Å². The van der Waals surface area contributed by atoms with Gasteiger partial charge in [0.25, 0.3) is 0 Å². The number of esters is 4. The van der Waals surface area contributed by atoms with Crippen LogP contribution in [0.3, 0.4) is 0 Å². The van der Waals surface area contributed by atoms with E-state index in [-0.39, 0.29) is 5.92 Å². The molecule has 3 aliphatic carbocycles. The number of ether oxygens (including phenoxy) is 6. The summed E-state index contributed by atoms with van der Waals surface area (Å²) in [6.07, 6.45) is 4.68. The molecule has 3 aliphatic heterocycles. The molecule has 0 aromatic carbocycles. The Labute approximate surface area is 249 Å². The predicted molar refractivity (Wildman–Crippen MR) is 145 cm³/mol. The zero-order chi connectivity index (χ0) is 31.0. The Bertz CT molecular complexity index is 1450. The normalized spacial score (nSPS) is 48.0. The van der Waals surface area contributed by atoms with Gasteiger partial charge in [0.1, 0.15) is 23.9 Å². The summed E-state index contributed by atoms with van der Waals surface area (Å²) in [5.74, 6) is -2.67. The van der Waals surface area contributed by atoms with Crippen molar-refractivity contribution < 1.29 is 52.0 Å². The molecule has 6 aliphatic rings. The van der Waals surface area contributed by atoms with Gasteiger partial charge in [-0.1, -0.05) is 13.8 Å². The van der Waals surface area contributed by atoms with Gasteiger partial charge in [-0.2, -0.15) is 0 Å². The molecule has 0 unspecified atom stereocenters. The van der Waals surface area contributed by atoms with Crippen molar-refractivity contribution in [2.24, 2.45) is 28.1 Å². The minimum absolute atomic E-state index is 0.209. The third-order valence-corrected chi connectivity index (χ3v) is 11.9. The first kappa shape index (κ1) is 28.6. The minimum atomic E-state index is -1.12. The minimum Gasteiger partial charge on any atom is -0.472 e. The molecule has 1 aromatic heterocycles. The number of fused-ring (bicyclic) bond motifs is 1. The highest BCUT2D eigenvalue weighted by atomic mass is 16.7. The van der Waals surface area contributed by atoms with Crippen LogP contribution in [0.25, 0.3) is 0 Å². The standard InChI is InChI=1S/C32H38O11/c1-16(33)39-21-22-27(3,4)43-30(12-9-20(35)37-7)15-31(22,30)19-8-11-28(5)23(18-10-13-38-14-18)41-26(36)25-32(28,42-25)29(19,6)24(21)40-17(2)34/h9-10,12-14,19,21-25H,8,11,15H2,1-7H3/b12-9-/t19-,21+,22+,23-,24-,25+,28-,29-,30-,31+,32-/m0/s1. The fourth-order valence-corrected chi connectivity index (χ4v) is 10.8. The number of furan rings is 1. The number of epoxide rings is 1. The van der Waals surface area contributed by atoms with Crippen LogP contribution in [0.15, 0.2) is 35.2 Å². The third kappa shape index (κ3) is 3.22. The molecule has 2 spiro atoms. The van der Waals surface area contributed by atoms with Crippen LogP contribution in [0.2, 0.25) is 0 Å². The highest BCUT2D eigenvalue weighted by molar-refractivity contribution is 5.83. The van der Waals surface area contributed by atoms with E-state index in [4.69, 9.17) is 32.8 Å². The number of carbonyl (C=O) groups excluding carboxylic acids is 4. The molecule has 1 aromatic rings. The molecule has 3 saturated carbocycles. The van der Waals surface area contributed by atoms with Crippen molar-refractivity contribution in [2.75, 3.05) is 7.11 Å². The van der Waals surface area contributed by atoms with Gasteiger partial charge in [0.2, 0.25) is 0 Å². The molecule has 11 atom stereocenters. The number of hydrogen-bond acceptors (Lipinski definition) is 11.